The molecule has 96 valence electrons. The Hall–Kier alpha value is -1.68. The molecule has 1 unspecified atom stereocenters. The molecule has 0 aliphatic rings. The van der Waals surface area contributed by atoms with Gasteiger partial charge >= 0.3 is 0 Å². The zero-order valence-electron chi connectivity index (χ0n) is 11.2. The number of hydrogen-bond acceptors (Lipinski definition) is 2. The molecule has 18 heavy (non-hydrogen) atoms. The first kappa shape index (κ1) is 12.8. The summed E-state index contributed by atoms with van der Waals surface area (Å²) in [6.45, 7) is 3.95. The molecule has 0 spiro atoms. The second-order valence-electron chi connectivity index (χ2n) is 4.56. The second-order valence-corrected chi connectivity index (χ2v) is 4.56. The van der Waals surface area contributed by atoms with Gasteiger partial charge in [0.05, 0.1) is 12.2 Å². The van der Waals surface area contributed by atoms with Crippen LogP contribution in [0.3, 0.4) is 0 Å². The molecule has 1 N–H and O–H groups in total. The molecule has 1 heterocycles. The van der Waals surface area contributed by atoms with E-state index in [2.05, 4.69) is 10.4 Å². The molecule has 0 fully saturated rings. The number of benzene rings is 1. The van der Waals surface area contributed by atoms with Crippen LogP contribution >= 0.6 is 0 Å². The molecule has 4 heteroatoms. The lowest BCUT2D eigenvalue weighted by atomic mass is 9.97. The maximum absolute atomic E-state index is 14.0. The van der Waals surface area contributed by atoms with Crippen LogP contribution in [0, 0.1) is 19.7 Å². The Bertz CT molecular complexity index is 560. The Morgan fingerprint density at radius 2 is 2.00 bits per heavy atom. The summed E-state index contributed by atoms with van der Waals surface area (Å²) in [5.74, 6) is -0.191. The highest BCUT2D eigenvalue weighted by molar-refractivity contribution is 5.35. The lowest BCUT2D eigenvalue weighted by molar-refractivity contribution is 0.574. The molecule has 0 aliphatic heterocycles. The smallest absolute Gasteiger partial charge is 0.128 e. The van der Waals surface area contributed by atoms with E-state index in [1.54, 1.807) is 16.9 Å². The van der Waals surface area contributed by atoms with Crippen molar-refractivity contribution in [2.75, 3.05) is 7.05 Å². The van der Waals surface area contributed by atoms with Crippen LogP contribution in [0.1, 0.15) is 28.4 Å². The van der Waals surface area contributed by atoms with Crippen molar-refractivity contribution in [3.63, 3.8) is 0 Å². The van der Waals surface area contributed by atoms with Crippen LogP contribution in [-0.4, -0.2) is 16.8 Å². The molecule has 1 atom stereocenters. The summed E-state index contributed by atoms with van der Waals surface area (Å²) < 4.78 is 15.8. The van der Waals surface area contributed by atoms with Crippen LogP contribution < -0.4 is 5.32 Å². The van der Waals surface area contributed by atoms with Gasteiger partial charge in [0.1, 0.15) is 5.82 Å². The molecule has 0 radical (unpaired) electrons. The number of aryl methyl sites for hydroxylation is 2. The number of halogens is 1. The Balaban J connectivity index is 2.51. The van der Waals surface area contributed by atoms with Gasteiger partial charge in [-0.15, -0.1) is 0 Å². The summed E-state index contributed by atoms with van der Waals surface area (Å²) in [5.41, 5.74) is 3.75. The minimum Gasteiger partial charge on any atom is -0.309 e. The van der Waals surface area contributed by atoms with Crippen LogP contribution in [0.2, 0.25) is 0 Å². The fourth-order valence-electron chi connectivity index (χ4n) is 2.16. The average Bonchev–Trinajstić information content (AvgIpc) is 2.67. The lowest BCUT2D eigenvalue weighted by Crippen LogP contribution is -2.19. The van der Waals surface area contributed by atoms with E-state index in [0.29, 0.717) is 5.56 Å². The van der Waals surface area contributed by atoms with E-state index >= 15 is 0 Å². The maximum Gasteiger partial charge on any atom is 0.128 e. The van der Waals surface area contributed by atoms with Gasteiger partial charge in [0.2, 0.25) is 0 Å². The highest BCUT2D eigenvalue weighted by Gasteiger charge is 2.20. The second kappa shape index (κ2) is 4.90. The minimum absolute atomic E-state index is 0.168. The van der Waals surface area contributed by atoms with Crippen molar-refractivity contribution in [2.24, 2.45) is 7.05 Å². The van der Waals surface area contributed by atoms with Crippen molar-refractivity contribution in [1.82, 2.24) is 15.1 Å². The fourth-order valence-corrected chi connectivity index (χ4v) is 2.16. The van der Waals surface area contributed by atoms with Crippen LogP contribution in [0.5, 0.6) is 0 Å². The molecule has 0 saturated carbocycles. The van der Waals surface area contributed by atoms with E-state index in [1.165, 1.54) is 6.07 Å². The third-order valence-electron chi connectivity index (χ3n) is 3.34. The van der Waals surface area contributed by atoms with Gasteiger partial charge < -0.3 is 5.32 Å². The summed E-state index contributed by atoms with van der Waals surface area (Å²) >= 11 is 0. The van der Waals surface area contributed by atoms with E-state index in [-0.39, 0.29) is 11.9 Å². The van der Waals surface area contributed by atoms with Crippen LogP contribution in [0.4, 0.5) is 4.39 Å². The largest absolute Gasteiger partial charge is 0.309 e. The lowest BCUT2D eigenvalue weighted by Gasteiger charge is -2.18. The first-order chi connectivity index (χ1) is 8.54. The molecule has 1 aromatic carbocycles. The molecular formula is C14H18FN3. The number of nitrogens with one attached hydrogen (secondary N) is 1. The molecule has 0 bridgehead atoms. The molecule has 2 rings (SSSR count). The summed E-state index contributed by atoms with van der Waals surface area (Å²) in [6.07, 6.45) is 1.79. The van der Waals surface area contributed by atoms with Crippen LogP contribution in [0.15, 0.2) is 24.4 Å². The Labute approximate surface area is 107 Å². The van der Waals surface area contributed by atoms with Gasteiger partial charge in [-0.05, 0) is 27.0 Å². The summed E-state index contributed by atoms with van der Waals surface area (Å²) in [5, 5.41) is 7.38. The Morgan fingerprint density at radius 3 is 2.56 bits per heavy atom. The molecule has 0 amide bonds. The fraction of sp³-hybridized carbons (Fsp3) is 0.357. The zero-order valence-corrected chi connectivity index (χ0v) is 11.2. The van der Waals surface area contributed by atoms with Gasteiger partial charge in [-0.2, -0.15) is 5.10 Å². The van der Waals surface area contributed by atoms with E-state index in [9.17, 15) is 4.39 Å². The van der Waals surface area contributed by atoms with E-state index in [4.69, 9.17) is 0 Å². The van der Waals surface area contributed by atoms with Crippen molar-refractivity contribution in [3.05, 3.63) is 52.6 Å². The first-order valence-corrected chi connectivity index (χ1v) is 5.96. The number of aromatic nitrogens is 2. The van der Waals surface area contributed by atoms with Gasteiger partial charge in [0.15, 0.2) is 0 Å². The zero-order chi connectivity index (χ0) is 13.3. The van der Waals surface area contributed by atoms with Crippen molar-refractivity contribution >= 4 is 0 Å². The van der Waals surface area contributed by atoms with Crippen LogP contribution in [0.25, 0.3) is 0 Å². The van der Waals surface area contributed by atoms with Crippen molar-refractivity contribution in [1.29, 1.82) is 0 Å². The third-order valence-corrected chi connectivity index (χ3v) is 3.34. The highest BCUT2D eigenvalue weighted by Crippen LogP contribution is 2.26. The predicted octanol–water partition coefficient (Wildman–Crippen LogP) is 2.48. The summed E-state index contributed by atoms with van der Waals surface area (Å²) in [7, 11) is 3.72. The number of rotatable bonds is 3. The summed E-state index contributed by atoms with van der Waals surface area (Å²) in [4.78, 5) is 0. The summed E-state index contributed by atoms with van der Waals surface area (Å²) in [6, 6.07) is 5.00. The van der Waals surface area contributed by atoms with Gasteiger partial charge in [-0.3, -0.25) is 4.68 Å². The number of nitrogens with zero attached hydrogens (tertiary/aromatic N) is 2. The van der Waals surface area contributed by atoms with Gasteiger partial charge in [0.25, 0.3) is 0 Å². The van der Waals surface area contributed by atoms with Crippen molar-refractivity contribution in [2.45, 2.75) is 19.9 Å². The molecule has 2 aromatic rings. The topological polar surface area (TPSA) is 29.9 Å². The highest BCUT2D eigenvalue weighted by atomic mass is 19.1. The molecule has 1 aromatic heterocycles. The normalized spacial score (nSPS) is 12.7. The van der Waals surface area contributed by atoms with Crippen molar-refractivity contribution < 1.29 is 4.39 Å². The Kier molecular flexibility index (Phi) is 3.48. The standard InChI is InChI=1S/C14H18FN3/c1-9-5-6-13(15)11(7-9)14(16-3)12-8-17-18(4)10(12)2/h5-8,14,16H,1-4H3. The monoisotopic (exact) mass is 247 g/mol. The van der Waals surface area contributed by atoms with Crippen molar-refractivity contribution in [3.8, 4) is 0 Å². The minimum atomic E-state index is -0.191. The molecule has 0 saturated heterocycles. The van der Waals surface area contributed by atoms with E-state index in [1.807, 2.05) is 34.0 Å². The average molecular weight is 247 g/mol. The maximum atomic E-state index is 14.0. The quantitative estimate of drug-likeness (QED) is 0.903. The van der Waals surface area contributed by atoms with E-state index < -0.39 is 0 Å². The van der Waals surface area contributed by atoms with E-state index in [0.717, 1.165) is 16.8 Å². The molecule has 0 aliphatic carbocycles. The van der Waals surface area contributed by atoms with Gasteiger partial charge in [-0.1, -0.05) is 17.7 Å². The van der Waals surface area contributed by atoms with Gasteiger partial charge in [0, 0.05) is 23.9 Å². The third kappa shape index (κ3) is 2.16. The SMILES string of the molecule is CNC(c1cc(C)ccc1F)c1cnn(C)c1C. The van der Waals surface area contributed by atoms with Gasteiger partial charge in [-0.25, -0.2) is 4.39 Å². The Morgan fingerprint density at radius 1 is 1.28 bits per heavy atom. The molecule has 3 nitrogen and oxygen atoms in total. The molecular weight excluding hydrogens is 229 g/mol. The first-order valence-electron chi connectivity index (χ1n) is 5.96. The number of hydrogen-bond donors (Lipinski definition) is 1. The van der Waals surface area contributed by atoms with Crippen LogP contribution in [-0.2, 0) is 7.05 Å². The predicted molar refractivity (Wildman–Crippen MR) is 70.0 cm³/mol.